The number of aryl methyl sites for hydroxylation is 1. The number of nitrogens with one attached hydrogen (secondary N) is 1. The third-order valence-corrected chi connectivity index (χ3v) is 7.24. The van der Waals surface area contributed by atoms with Crippen LogP contribution in [0.15, 0.2) is 35.1 Å². The lowest BCUT2D eigenvalue weighted by Gasteiger charge is -2.17. The van der Waals surface area contributed by atoms with Gasteiger partial charge >= 0.3 is 6.01 Å². The molecule has 5 rings (SSSR count). The van der Waals surface area contributed by atoms with E-state index in [1.54, 1.807) is 37.5 Å². The Morgan fingerprint density at radius 3 is 2.59 bits per heavy atom. The SMILES string of the molecule is Cc1nc(NS(=O)(=O)C2CC2)c(-c2ccc3c(c2)OCO3)c(OCCOc2ncc(Br)cn2)n1. The number of halogens is 1. The van der Waals surface area contributed by atoms with Crippen molar-refractivity contribution in [2.24, 2.45) is 0 Å². The molecule has 3 aromatic rings. The fourth-order valence-electron chi connectivity index (χ4n) is 3.28. The summed E-state index contributed by atoms with van der Waals surface area (Å²) in [6.07, 6.45) is 4.40. The second-order valence-corrected chi connectivity index (χ2v) is 10.5. The molecule has 1 aliphatic carbocycles. The summed E-state index contributed by atoms with van der Waals surface area (Å²) < 4.78 is 51.1. The number of anilines is 1. The van der Waals surface area contributed by atoms with Gasteiger partial charge in [-0.3, -0.25) is 4.72 Å². The number of aromatic nitrogens is 4. The van der Waals surface area contributed by atoms with Gasteiger partial charge in [-0.2, -0.15) is 4.98 Å². The van der Waals surface area contributed by atoms with Crippen LogP contribution in [-0.4, -0.2) is 53.6 Å². The van der Waals surface area contributed by atoms with Crippen molar-refractivity contribution in [2.45, 2.75) is 25.0 Å². The first-order valence-electron chi connectivity index (χ1n) is 10.4. The van der Waals surface area contributed by atoms with Crippen molar-refractivity contribution < 1.29 is 27.4 Å². The predicted molar refractivity (Wildman–Crippen MR) is 125 cm³/mol. The second kappa shape index (κ2) is 9.22. The van der Waals surface area contributed by atoms with Crippen LogP contribution in [0.3, 0.4) is 0 Å². The topological polar surface area (TPSA) is 135 Å². The first kappa shape index (κ1) is 22.6. The number of benzene rings is 1. The first-order chi connectivity index (χ1) is 16.4. The smallest absolute Gasteiger partial charge is 0.316 e. The lowest BCUT2D eigenvalue weighted by molar-refractivity contribution is 0.174. The van der Waals surface area contributed by atoms with Crippen molar-refractivity contribution in [3.63, 3.8) is 0 Å². The summed E-state index contributed by atoms with van der Waals surface area (Å²) in [5.41, 5.74) is 1.01. The fourth-order valence-corrected chi connectivity index (χ4v) is 4.83. The van der Waals surface area contributed by atoms with Crippen LogP contribution >= 0.6 is 15.9 Å². The van der Waals surface area contributed by atoms with Crippen LogP contribution in [0.1, 0.15) is 18.7 Å². The Morgan fingerprint density at radius 2 is 1.82 bits per heavy atom. The summed E-state index contributed by atoms with van der Waals surface area (Å²) in [4.78, 5) is 16.9. The van der Waals surface area contributed by atoms with E-state index in [1.165, 1.54) is 0 Å². The minimum atomic E-state index is -3.58. The maximum absolute atomic E-state index is 12.7. The van der Waals surface area contributed by atoms with Gasteiger partial charge in [0.25, 0.3) is 0 Å². The molecule has 1 fully saturated rings. The molecule has 3 heterocycles. The Hall–Kier alpha value is -3.19. The third-order valence-electron chi connectivity index (χ3n) is 5.00. The highest BCUT2D eigenvalue weighted by molar-refractivity contribution is 9.10. The number of sulfonamides is 1. The van der Waals surface area contributed by atoms with E-state index in [9.17, 15) is 8.42 Å². The van der Waals surface area contributed by atoms with Crippen LogP contribution in [-0.2, 0) is 10.0 Å². The summed E-state index contributed by atoms with van der Waals surface area (Å²) in [5.74, 6) is 1.84. The van der Waals surface area contributed by atoms with Gasteiger partial charge < -0.3 is 18.9 Å². The van der Waals surface area contributed by atoms with E-state index in [4.69, 9.17) is 18.9 Å². The first-order valence-corrected chi connectivity index (χ1v) is 12.8. The zero-order valence-corrected chi connectivity index (χ0v) is 20.4. The van der Waals surface area contributed by atoms with Gasteiger partial charge in [-0.1, -0.05) is 6.07 Å². The Bertz CT molecular complexity index is 1320. The van der Waals surface area contributed by atoms with Crippen LogP contribution in [0.4, 0.5) is 5.82 Å². The molecule has 0 unspecified atom stereocenters. The van der Waals surface area contributed by atoms with Crippen molar-refractivity contribution in [2.75, 3.05) is 24.7 Å². The fraction of sp³-hybridized carbons (Fsp3) is 0.333. The van der Waals surface area contributed by atoms with Gasteiger partial charge in [-0.25, -0.2) is 23.4 Å². The molecule has 1 N–H and O–H groups in total. The van der Waals surface area contributed by atoms with Crippen LogP contribution in [0.2, 0.25) is 0 Å². The molecule has 0 radical (unpaired) electrons. The van der Waals surface area contributed by atoms with Crippen LogP contribution < -0.4 is 23.7 Å². The summed E-state index contributed by atoms with van der Waals surface area (Å²) in [5, 5.41) is -0.420. The molecule has 13 heteroatoms. The van der Waals surface area contributed by atoms with Crippen molar-refractivity contribution >= 4 is 31.8 Å². The zero-order valence-electron chi connectivity index (χ0n) is 18.0. The predicted octanol–water partition coefficient (Wildman–Crippen LogP) is 3.10. The highest BCUT2D eigenvalue weighted by Crippen LogP contribution is 2.42. The van der Waals surface area contributed by atoms with Crippen molar-refractivity contribution in [3.05, 3.63) is 40.9 Å². The third kappa shape index (κ3) is 4.99. The lowest BCUT2D eigenvalue weighted by atomic mass is 10.1. The van der Waals surface area contributed by atoms with Crippen LogP contribution in [0, 0.1) is 6.92 Å². The molecule has 1 aliphatic heterocycles. The maximum atomic E-state index is 12.7. The monoisotopic (exact) mass is 549 g/mol. The Labute approximate surface area is 204 Å². The maximum Gasteiger partial charge on any atom is 0.316 e. The van der Waals surface area contributed by atoms with Gasteiger partial charge in [0.15, 0.2) is 17.3 Å². The summed E-state index contributed by atoms with van der Waals surface area (Å²) in [6.45, 7) is 2.04. The van der Waals surface area contributed by atoms with Gasteiger partial charge in [-0.15, -0.1) is 0 Å². The molecule has 2 aliphatic rings. The van der Waals surface area contributed by atoms with Crippen molar-refractivity contribution in [3.8, 4) is 34.5 Å². The zero-order chi connectivity index (χ0) is 23.7. The second-order valence-electron chi connectivity index (χ2n) is 7.59. The van der Waals surface area contributed by atoms with Crippen LogP contribution in [0.25, 0.3) is 11.1 Å². The standard InChI is InChI=1S/C21H20BrN5O6S/c1-12-25-19(27-34(28,29)15-3-4-15)18(13-2-5-16-17(8-13)33-11-32-16)20(26-12)30-6-7-31-21-23-9-14(22)10-24-21/h2,5,8-10,15H,3-4,6-7,11H2,1H3,(H,25,26,27). The Morgan fingerprint density at radius 1 is 1.09 bits per heavy atom. The van der Waals surface area contributed by atoms with E-state index in [-0.39, 0.29) is 37.7 Å². The molecule has 11 nitrogen and oxygen atoms in total. The quantitative estimate of drug-likeness (QED) is 0.396. The summed E-state index contributed by atoms with van der Waals surface area (Å²) in [7, 11) is -3.58. The summed E-state index contributed by atoms with van der Waals surface area (Å²) >= 11 is 3.27. The van der Waals surface area contributed by atoms with E-state index >= 15 is 0 Å². The molecule has 2 aromatic heterocycles. The molecule has 34 heavy (non-hydrogen) atoms. The highest BCUT2D eigenvalue weighted by atomic mass is 79.9. The Balaban J connectivity index is 1.44. The number of hydrogen-bond donors (Lipinski definition) is 1. The van der Waals surface area contributed by atoms with Gasteiger partial charge in [-0.05, 0) is 53.4 Å². The molecule has 0 spiro atoms. The number of nitrogens with zero attached hydrogens (tertiary/aromatic N) is 4. The highest BCUT2D eigenvalue weighted by Gasteiger charge is 2.37. The van der Waals surface area contributed by atoms with E-state index in [0.29, 0.717) is 41.3 Å². The van der Waals surface area contributed by atoms with E-state index in [2.05, 4.69) is 40.6 Å². The van der Waals surface area contributed by atoms with Gasteiger partial charge in [0.2, 0.25) is 22.7 Å². The molecular weight excluding hydrogens is 530 g/mol. The largest absolute Gasteiger partial charge is 0.473 e. The van der Waals surface area contributed by atoms with Gasteiger partial charge in [0, 0.05) is 12.4 Å². The molecule has 0 atom stereocenters. The minimum Gasteiger partial charge on any atom is -0.473 e. The lowest BCUT2D eigenvalue weighted by Crippen LogP contribution is -2.20. The number of fused-ring (bicyclic) bond motifs is 1. The normalized spacial score (nSPS) is 14.6. The van der Waals surface area contributed by atoms with E-state index in [1.807, 2.05) is 0 Å². The van der Waals surface area contributed by atoms with Gasteiger partial charge in [0.1, 0.15) is 19.0 Å². The average molecular weight is 550 g/mol. The average Bonchev–Trinajstić information content (AvgIpc) is 3.57. The summed E-state index contributed by atoms with van der Waals surface area (Å²) in [6, 6.07) is 5.47. The molecule has 1 saturated carbocycles. The minimum absolute atomic E-state index is 0.113. The molecular formula is C21H20BrN5O6S. The molecule has 1 aromatic carbocycles. The molecule has 178 valence electrons. The van der Waals surface area contributed by atoms with E-state index in [0.717, 1.165) is 4.47 Å². The van der Waals surface area contributed by atoms with Crippen molar-refractivity contribution in [1.82, 2.24) is 19.9 Å². The number of ether oxygens (including phenoxy) is 4. The number of hydrogen-bond acceptors (Lipinski definition) is 10. The van der Waals surface area contributed by atoms with Crippen molar-refractivity contribution in [1.29, 1.82) is 0 Å². The molecule has 0 saturated heterocycles. The van der Waals surface area contributed by atoms with Crippen LogP contribution in [0.5, 0.6) is 23.4 Å². The number of rotatable bonds is 9. The van der Waals surface area contributed by atoms with Gasteiger partial charge in [0.05, 0.1) is 15.3 Å². The Kier molecular flexibility index (Phi) is 6.13. The van der Waals surface area contributed by atoms with E-state index < -0.39 is 15.3 Å². The molecule has 0 amide bonds. The molecule has 0 bridgehead atoms.